The number of aromatic nitrogens is 3. The van der Waals surface area contributed by atoms with Gasteiger partial charge in [0, 0.05) is 43.6 Å². The highest BCUT2D eigenvalue weighted by molar-refractivity contribution is 7.16. The number of fused-ring (bicyclic) bond motifs is 1. The van der Waals surface area contributed by atoms with Gasteiger partial charge in [0.1, 0.15) is 10.8 Å². The average Bonchev–Trinajstić information content (AvgIpc) is 2.99. The lowest BCUT2D eigenvalue weighted by Crippen LogP contribution is -2.45. The smallest absolute Gasteiger partial charge is 0.275 e. The lowest BCUT2D eigenvalue weighted by molar-refractivity contribution is 0.248. The molecule has 0 saturated carbocycles. The molecule has 0 bridgehead atoms. The van der Waals surface area contributed by atoms with Crippen molar-refractivity contribution in [3.63, 3.8) is 0 Å². The van der Waals surface area contributed by atoms with E-state index in [1.165, 1.54) is 21.9 Å². The van der Waals surface area contributed by atoms with Gasteiger partial charge in [0.15, 0.2) is 0 Å². The minimum absolute atomic E-state index is 0.123. The van der Waals surface area contributed by atoms with Crippen molar-refractivity contribution < 1.29 is 5.11 Å². The first kappa shape index (κ1) is 16.0. The van der Waals surface area contributed by atoms with E-state index >= 15 is 0 Å². The Bertz CT molecular complexity index is 942. The van der Waals surface area contributed by atoms with E-state index in [2.05, 4.69) is 19.9 Å². The summed E-state index contributed by atoms with van der Waals surface area (Å²) >= 11 is 1.48. The second kappa shape index (κ2) is 6.45. The van der Waals surface area contributed by atoms with Gasteiger partial charge >= 0.3 is 0 Å². The molecule has 1 N–H and O–H groups in total. The maximum atomic E-state index is 12.0. The molecule has 1 aliphatic rings. The Labute approximate surface area is 148 Å². The number of hydrogen-bond donors (Lipinski definition) is 1. The van der Waals surface area contributed by atoms with Crippen LogP contribution >= 0.6 is 11.3 Å². The maximum Gasteiger partial charge on any atom is 0.275 e. The van der Waals surface area contributed by atoms with E-state index in [0.29, 0.717) is 4.96 Å². The van der Waals surface area contributed by atoms with E-state index in [4.69, 9.17) is 0 Å². The summed E-state index contributed by atoms with van der Waals surface area (Å²) < 4.78 is 1.39. The van der Waals surface area contributed by atoms with Crippen molar-refractivity contribution in [3.05, 3.63) is 51.4 Å². The van der Waals surface area contributed by atoms with Crippen LogP contribution in [0, 0.1) is 6.92 Å². The molecule has 0 spiro atoms. The minimum atomic E-state index is -0.123. The number of aromatic hydroxyl groups is 1. The molecule has 1 aliphatic heterocycles. The molecule has 0 atom stereocenters. The van der Waals surface area contributed by atoms with Crippen molar-refractivity contribution in [3.8, 4) is 5.75 Å². The van der Waals surface area contributed by atoms with Gasteiger partial charge in [-0.2, -0.15) is 9.61 Å². The van der Waals surface area contributed by atoms with Crippen LogP contribution in [0.1, 0.15) is 10.7 Å². The number of phenols is 1. The summed E-state index contributed by atoms with van der Waals surface area (Å²) in [6, 6.07) is 8.83. The Kier molecular flexibility index (Phi) is 4.14. The standard InChI is InChI=1S/C17H19N5O2S/c1-12-10-16(24)22-17(18-12)25-15(19-22)11-20-6-8-21(9-7-20)13-2-4-14(23)5-3-13/h2-5,10,23H,6-9,11H2,1H3. The number of nitrogens with zero attached hydrogens (tertiary/aromatic N) is 5. The first-order valence-corrected chi connectivity index (χ1v) is 9.03. The van der Waals surface area contributed by atoms with Gasteiger partial charge in [0.05, 0.1) is 6.54 Å². The molecule has 4 rings (SSSR count). The number of aryl methyl sites for hydroxylation is 1. The number of phenolic OH excluding ortho intramolecular Hbond substituents is 1. The summed E-state index contributed by atoms with van der Waals surface area (Å²) in [5.74, 6) is 0.289. The van der Waals surface area contributed by atoms with Gasteiger partial charge < -0.3 is 10.0 Å². The lowest BCUT2D eigenvalue weighted by Gasteiger charge is -2.35. The molecule has 25 heavy (non-hydrogen) atoms. The summed E-state index contributed by atoms with van der Waals surface area (Å²) in [7, 11) is 0. The third kappa shape index (κ3) is 3.35. The van der Waals surface area contributed by atoms with E-state index < -0.39 is 0 Å². The van der Waals surface area contributed by atoms with Gasteiger partial charge in [0.25, 0.3) is 5.56 Å². The van der Waals surface area contributed by atoms with E-state index in [-0.39, 0.29) is 11.3 Å². The minimum Gasteiger partial charge on any atom is -0.508 e. The molecule has 130 valence electrons. The van der Waals surface area contributed by atoms with Crippen molar-refractivity contribution in [1.29, 1.82) is 0 Å². The van der Waals surface area contributed by atoms with Gasteiger partial charge in [-0.15, -0.1) is 0 Å². The van der Waals surface area contributed by atoms with Crippen LogP contribution in [-0.2, 0) is 6.54 Å². The summed E-state index contributed by atoms with van der Waals surface area (Å²) in [4.78, 5) is 21.6. The Balaban J connectivity index is 1.42. The fourth-order valence-corrected chi connectivity index (χ4v) is 4.03. The molecule has 3 heterocycles. The number of hydrogen-bond acceptors (Lipinski definition) is 7. The van der Waals surface area contributed by atoms with E-state index in [1.807, 2.05) is 19.1 Å². The van der Waals surface area contributed by atoms with Crippen molar-refractivity contribution >= 4 is 22.0 Å². The molecule has 0 aliphatic carbocycles. The normalized spacial score (nSPS) is 15.8. The molecule has 1 aromatic carbocycles. The highest BCUT2D eigenvalue weighted by Crippen LogP contribution is 2.21. The van der Waals surface area contributed by atoms with Crippen LogP contribution in [0.4, 0.5) is 5.69 Å². The molecule has 1 fully saturated rings. The van der Waals surface area contributed by atoms with Gasteiger partial charge in [-0.1, -0.05) is 11.3 Å². The molecule has 0 radical (unpaired) electrons. The predicted octanol–water partition coefficient (Wildman–Crippen LogP) is 1.49. The Morgan fingerprint density at radius 1 is 1.16 bits per heavy atom. The quantitative estimate of drug-likeness (QED) is 0.766. The number of piperazine rings is 1. The highest BCUT2D eigenvalue weighted by Gasteiger charge is 2.19. The van der Waals surface area contributed by atoms with Gasteiger partial charge in [-0.3, -0.25) is 9.69 Å². The van der Waals surface area contributed by atoms with Gasteiger partial charge in [0.2, 0.25) is 4.96 Å². The van der Waals surface area contributed by atoms with Crippen LogP contribution in [0.3, 0.4) is 0 Å². The monoisotopic (exact) mass is 357 g/mol. The van der Waals surface area contributed by atoms with Crippen molar-refractivity contribution in [2.24, 2.45) is 0 Å². The topological polar surface area (TPSA) is 74.0 Å². The zero-order chi connectivity index (χ0) is 17.4. The Morgan fingerprint density at radius 2 is 1.88 bits per heavy atom. The van der Waals surface area contributed by atoms with Crippen LogP contribution < -0.4 is 10.5 Å². The summed E-state index contributed by atoms with van der Waals surface area (Å²) in [5.41, 5.74) is 1.73. The molecular weight excluding hydrogens is 338 g/mol. The maximum absolute atomic E-state index is 12.0. The van der Waals surface area contributed by atoms with Crippen LogP contribution in [-0.4, -0.2) is 50.8 Å². The lowest BCUT2D eigenvalue weighted by atomic mass is 10.2. The number of benzene rings is 1. The third-order valence-electron chi connectivity index (χ3n) is 4.36. The fourth-order valence-electron chi connectivity index (χ4n) is 3.04. The van der Waals surface area contributed by atoms with Crippen LogP contribution in [0.5, 0.6) is 5.75 Å². The second-order valence-corrected chi connectivity index (χ2v) is 7.25. The summed E-state index contributed by atoms with van der Waals surface area (Å²) in [6.45, 7) is 6.26. The number of anilines is 1. The van der Waals surface area contributed by atoms with Gasteiger partial charge in [-0.05, 0) is 31.2 Å². The Morgan fingerprint density at radius 3 is 2.60 bits per heavy atom. The van der Waals surface area contributed by atoms with Crippen molar-refractivity contribution in [1.82, 2.24) is 19.5 Å². The first-order chi connectivity index (χ1) is 12.1. The summed E-state index contributed by atoms with van der Waals surface area (Å²) in [5, 5.41) is 14.7. The van der Waals surface area contributed by atoms with Crippen molar-refractivity contribution in [2.45, 2.75) is 13.5 Å². The molecule has 8 heteroatoms. The van der Waals surface area contributed by atoms with Crippen LogP contribution in [0.15, 0.2) is 35.1 Å². The molecule has 2 aromatic heterocycles. The van der Waals surface area contributed by atoms with Crippen LogP contribution in [0.2, 0.25) is 0 Å². The summed E-state index contributed by atoms with van der Waals surface area (Å²) in [6.07, 6.45) is 0. The highest BCUT2D eigenvalue weighted by atomic mass is 32.1. The SMILES string of the molecule is Cc1cc(=O)n2nc(CN3CCN(c4ccc(O)cc4)CC3)sc2n1. The van der Waals surface area contributed by atoms with Crippen LogP contribution in [0.25, 0.3) is 4.96 Å². The van der Waals surface area contributed by atoms with E-state index in [9.17, 15) is 9.90 Å². The fraction of sp³-hybridized carbons (Fsp3) is 0.353. The largest absolute Gasteiger partial charge is 0.508 e. The second-order valence-electron chi connectivity index (χ2n) is 6.21. The number of rotatable bonds is 3. The first-order valence-electron chi connectivity index (χ1n) is 8.21. The molecule has 0 unspecified atom stereocenters. The third-order valence-corrected chi connectivity index (χ3v) is 5.25. The zero-order valence-electron chi connectivity index (χ0n) is 13.9. The zero-order valence-corrected chi connectivity index (χ0v) is 14.7. The van der Waals surface area contributed by atoms with Gasteiger partial charge in [-0.25, -0.2) is 4.98 Å². The molecule has 3 aromatic rings. The molecular formula is C17H19N5O2S. The molecule has 1 saturated heterocycles. The van der Waals surface area contributed by atoms with E-state index in [0.717, 1.165) is 49.1 Å². The average molecular weight is 357 g/mol. The van der Waals surface area contributed by atoms with Crippen molar-refractivity contribution in [2.75, 3.05) is 31.1 Å². The predicted molar refractivity (Wildman–Crippen MR) is 97.5 cm³/mol. The molecule has 0 amide bonds. The Hall–Kier alpha value is -2.45. The van der Waals surface area contributed by atoms with E-state index in [1.54, 1.807) is 12.1 Å². The molecule has 7 nitrogen and oxygen atoms in total.